The molecule has 5 heteroatoms. The average Bonchev–Trinajstić information content (AvgIpc) is 2.90. The normalized spacial score (nSPS) is 10.6. The minimum Gasteiger partial charge on any atom is -0.497 e. The van der Waals surface area contributed by atoms with Gasteiger partial charge in [-0.25, -0.2) is 9.97 Å². The Morgan fingerprint density at radius 1 is 0.676 bits per heavy atom. The second-order valence-corrected chi connectivity index (χ2v) is 8.01. The molecule has 0 saturated heterocycles. The van der Waals surface area contributed by atoms with Crippen molar-refractivity contribution in [1.82, 2.24) is 15.0 Å². The van der Waals surface area contributed by atoms with E-state index in [0.717, 1.165) is 39.4 Å². The van der Waals surface area contributed by atoms with Crippen LogP contribution in [0.4, 0.5) is 11.5 Å². The summed E-state index contributed by atoms with van der Waals surface area (Å²) < 4.78 is 5.27. The van der Waals surface area contributed by atoms with Crippen LogP contribution in [0.1, 0.15) is 5.56 Å². The maximum Gasteiger partial charge on any atom is 0.162 e. The van der Waals surface area contributed by atoms with Gasteiger partial charge in [0.2, 0.25) is 0 Å². The van der Waals surface area contributed by atoms with Crippen molar-refractivity contribution in [2.45, 2.75) is 6.92 Å². The van der Waals surface area contributed by atoms with Crippen molar-refractivity contribution in [2.75, 3.05) is 12.4 Å². The number of nitrogens with zero attached hydrogens (tertiary/aromatic N) is 3. The van der Waals surface area contributed by atoms with Gasteiger partial charge in [-0.05, 0) is 42.8 Å². The molecule has 0 amide bonds. The molecule has 0 aliphatic rings. The molecule has 34 heavy (non-hydrogen) atoms. The van der Waals surface area contributed by atoms with Crippen LogP contribution in [0.15, 0.2) is 103 Å². The molecule has 0 unspecified atom stereocenters. The van der Waals surface area contributed by atoms with E-state index in [0.29, 0.717) is 11.6 Å². The molecule has 5 nitrogen and oxygen atoms in total. The highest BCUT2D eigenvalue weighted by molar-refractivity contribution is 5.74. The minimum absolute atomic E-state index is 0.648. The molecular formula is C29H24N4O. The minimum atomic E-state index is 0.648. The van der Waals surface area contributed by atoms with Crippen molar-refractivity contribution in [2.24, 2.45) is 0 Å². The average molecular weight is 445 g/mol. The Hall–Kier alpha value is -4.51. The summed E-state index contributed by atoms with van der Waals surface area (Å²) in [6.07, 6.45) is 3.72. The van der Waals surface area contributed by atoms with Gasteiger partial charge in [0, 0.05) is 40.8 Å². The third-order valence-electron chi connectivity index (χ3n) is 5.54. The van der Waals surface area contributed by atoms with E-state index in [4.69, 9.17) is 14.7 Å². The van der Waals surface area contributed by atoms with Gasteiger partial charge in [-0.15, -0.1) is 0 Å². The molecule has 0 aliphatic carbocycles. The summed E-state index contributed by atoms with van der Waals surface area (Å²) in [4.78, 5) is 14.2. The number of pyridine rings is 1. The highest BCUT2D eigenvalue weighted by Gasteiger charge is 2.11. The fraction of sp³-hybridized carbons (Fsp3) is 0.0690. The monoisotopic (exact) mass is 444 g/mol. The van der Waals surface area contributed by atoms with E-state index in [1.165, 1.54) is 5.56 Å². The smallest absolute Gasteiger partial charge is 0.162 e. The number of methoxy groups -OCH3 is 1. The summed E-state index contributed by atoms with van der Waals surface area (Å²) in [6, 6.07) is 30.2. The van der Waals surface area contributed by atoms with Gasteiger partial charge >= 0.3 is 0 Å². The fourth-order valence-electron chi connectivity index (χ4n) is 3.68. The number of aryl methyl sites for hydroxylation is 1. The first-order valence-electron chi connectivity index (χ1n) is 11.1. The van der Waals surface area contributed by atoms with Crippen LogP contribution in [-0.2, 0) is 0 Å². The zero-order valence-corrected chi connectivity index (χ0v) is 19.1. The Bertz CT molecular complexity index is 1400. The molecule has 0 bridgehead atoms. The molecule has 0 fully saturated rings. The predicted octanol–water partition coefficient (Wildman–Crippen LogP) is 6.93. The van der Waals surface area contributed by atoms with Crippen LogP contribution in [0.3, 0.4) is 0 Å². The Morgan fingerprint density at radius 2 is 1.41 bits per heavy atom. The van der Waals surface area contributed by atoms with Crippen molar-refractivity contribution < 1.29 is 4.74 Å². The Morgan fingerprint density at radius 3 is 2.15 bits per heavy atom. The molecule has 5 aromatic rings. The van der Waals surface area contributed by atoms with Gasteiger partial charge in [-0.1, -0.05) is 60.2 Å². The Balaban J connectivity index is 1.56. The first kappa shape index (κ1) is 21.3. The van der Waals surface area contributed by atoms with Gasteiger partial charge in [-0.3, -0.25) is 4.98 Å². The quantitative estimate of drug-likeness (QED) is 0.308. The van der Waals surface area contributed by atoms with E-state index in [2.05, 4.69) is 47.6 Å². The van der Waals surface area contributed by atoms with Crippen LogP contribution >= 0.6 is 0 Å². The lowest BCUT2D eigenvalue weighted by Crippen LogP contribution is -2.00. The topological polar surface area (TPSA) is 59.9 Å². The summed E-state index contributed by atoms with van der Waals surface area (Å²) in [7, 11) is 1.66. The summed E-state index contributed by atoms with van der Waals surface area (Å²) in [5.41, 5.74) is 6.98. The van der Waals surface area contributed by atoms with Gasteiger partial charge in [0.05, 0.1) is 12.8 Å². The maximum absolute atomic E-state index is 5.27. The predicted molar refractivity (Wildman–Crippen MR) is 137 cm³/mol. The van der Waals surface area contributed by atoms with Crippen LogP contribution in [0.2, 0.25) is 0 Å². The van der Waals surface area contributed by atoms with Crippen molar-refractivity contribution in [1.29, 1.82) is 0 Å². The molecule has 3 aromatic carbocycles. The standard InChI is InChI=1S/C29H24N4O/c1-20-8-10-21(11-9-20)23-16-24(19-30-18-23)27-17-28(31-25-12-14-26(34-2)15-13-25)33-29(32-27)22-6-4-3-5-7-22/h3-19H,1-2H3,(H,31,32,33). The number of hydrogen-bond donors (Lipinski definition) is 1. The van der Waals surface area contributed by atoms with Crippen molar-refractivity contribution >= 4 is 11.5 Å². The third kappa shape index (κ3) is 4.79. The third-order valence-corrected chi connectivity index (χ3v) is 5.54. The van der Waals surface area contributed by atoms with E-state index in [1.54, 1.807) is 7.11 Å². The van der Waals surface area contributed by atoms with Crippen LogP contribution < -0.4 is 10.1 Å². The van der Waals surface area contributed by atoms with Crippen molar-refractivity contribution in [3.63, 3.8) is 0 Å². The van der Waals surface area contributed by atoms with E-state index in [-0.39, 0.29) is 0 Å². The first-order valence-corrected chi connectivity index (χ1v) is 11.1. The molecule has 2 heterocycles. The Labute approximate surface area is 199 Å². The second-order valence-electron chi connectivity index (χ2n) is 8.01. The van der Waals surface area contributed by atoms with Gasteiger partial charge in [-0.2, -0.15) is 0 Å². The number of aromatic nitrogens is 3. The van der Waals surface area contributed by atoms with E-state index < -0.39 is 0 Å². The second kappa shape index (κ2) is 9.55. The summed E-state index contributed by atoms with van der Waals surface area (Å²) in [6.45, 7) is 2.09. The van der Waals surface area contributed by atoms with Crippen LogP contribution in [0, 0.1) is 6.92 Å². The van der Waals surface area contributed by atoms with E-state index in [1.807, 2.05) is 73.1 Å². The van der Waals surface area contributed by atoms with Gasteiger partial charge in [0.1, 0.15) is 11.6 Å². The van der Waals surface area contributed by atoms with Crippen molar-refractivity contribution in [3.8, 4) is 39.5 Å². The molecule has 0 atom stereocenters. The molecule has 0 saturated carbocycles. The fourth-order valence-corrected chi connectivity index (χ4v) is 3.68. The number of benzene rings is 3. The number of nitrogens with one attached hydrogen (secondary N) is 1. The lowest BCUT2D eigenvalue weighted by molar-refractivity contribution is 0.415. The molecular weight excluding hydrogens is 420 g/mol. The lowest BCUT2D eigenvalue weighted by atomic mass is 10.0. The molecule has 5 rings (SSSR count). The zero-order chi connectivity index (χ0) is 23.3. The zero-order valence-electron chi connectivity index (χ0n) is 19.1. The maximum atomic E-state index is 5.27. The lowest BCUT2D eigenvalue weighted by Gasteiger charge is -2.12. The first-order chi connectivity index (χ1) is 16.7. The Kier molecular flexibility index (Phi) is 5.99. The molecule has 1 N–H and O–H groups in total. The number of anilines is 2. The number of rotatable bonds is 6. The molecule has 0 radical (unpaired) electrons. The van der Waals surface area contributed by atoms with Crippen LogP contribution in [0.25, 0.3) is 33.8 Å². The van der Waals surface area contributed by atoms with Gasteiger partial charge in [0.15, 0.2) is 5.82 Å². The van der Waals surface area contributed by atoms with Crippen molar-refractivity contribution in [3.05, 3.63) is 109 Å². The van der Waals surface area contributed by atoms with Gasteiger partial charge < -0.3 is 10.1 Å². The summed E-state index contributed by atoms with van der Waals surface area (Å²) in [5.74, 6) is 2.16. The van der Waals surface area contributed by atoms with Crippen LogP contribution in [0.5, 0.6) is 5.75 Å². The summed E-state index contributed by atoms with van der Waals surface area (Å²) in [5, 5.41) is 3.40. The largest absolute Gasteiger partial charge is 0.497 e. The molecule has 2 aromatic heterocycles. The van der Waals surface area contributed by atoms with Gasteiger partial charge in [0.25, 0.3) is 0 Å². The summed E-state index contributed by atoms with van der Waals surface area (Å²) >= 11 is 0. The number of ether oxygens (including phenoxy) is 1. The highest BCUT2D eigenvalue weighted by Crippen LogP contribution is 2.29. The molecule has 0 aliphatic heterocycles. The van der Waals surface area contributed by atoms with E-state index >= 15 is 0 Å². The highest BCUT2D eigenvalue weighted by atomic mass is 16.5. The number of hydrogen-bond acceptors (Lipinski definition) is 5. The molecule has 0 spiro atoms. The molecule has 166 valence electrons. The SMILES string of the molecule is COc1ccc(Nc2cc(-c3cncc(-c4ccc(C)cc4)c3)nc(-c3ccccc3)n2)cc1. The van der Waals surface area contributed by atoms with E-state index in [9.17, 15) is 0 Å². The van der Waals surface area contributed by atoms with Crippen LogP contribution in [-0.4, -0.2) is 22.1 Å².